The van der Waals surface area contributed by atoms with Crippen molar-refractivity contribution in [1.82, 2.24) is 0 Å². The van der Waals surface area contributed by atoms with Gasteiger partial charge >= 0.3 is 0 Å². The van der Waals surface area contributed by atoms with Gasteiger partial charge in [0.15, 0.2) is 0 Å². The van der Waals surface area contributed by atoms with Gasteiger partial charge in [0.05, 0.1) is 0 Å². The maximum absolute atomic E-state index is 2.49. The molecule has 0 aliphatic carbocycles. The van der Waals surface area contributed by atoms with Gasteiger partial charge in [0, 0.05) is 0 Å². The average Bonchev–Trinajstić information content (AvgIpc) is 2.49. The molecule has 2 unspecified atom stereocenters. The SMILES string of the molecule is CCCCCCCCCC(CCCCCC)CC(C)CC(C)C. The van der Waals surface area contributed by atoms with Gasteiger partial charge in [-0.15, -0.1) is 0 Å². The molecule has 0 heterocycles. The van der Waals surface area contributed by atoms with Crippen LogP contribution in [0.25, 0.3) is 0 Å². The molecule has 0 fully saturated rings. The molecule has 0 aliphatic rings. The van der Waals surface area contributed by atoms with Crippen LogP contribution in [-0.4, -0.2) is 0 Å². The number of hydrogen-bond donors (Lipinski definition) is 0. The lowest BCUT2D eigenvalue weighted by atomic mass is 9.84. The standard InChI is InChI=1S/C23H48/c1-6-8-10-12-13-14-16-18-23(17-15-11-9-7-2)20-22(5)19-21(3)4/h21-23H,6-20H2,1-5H3. The molecule has 0 saturated heterocycles. The van der Waals surface area contributed by atoms with E-state index in [1.165, 1.54) is 96.3 Å². The molecule has 0 rings (SSSR count). The Hall–Kier alpha value is 0. The molecular formula is C23H48. The summed E-state index contributed by atoms with van der Waals surface area (Å²) in [5, 5.41) is 0. The van der Waals surface area contributed by atoms with Crippen molar-refractivity contribution >= 4 is 0 Å². The molecule has 2 atom stereocenters. The van der Waals surface area contributed by atoms with Crippen LogP contribution in [0.3, 0.4) is 0 Å². The number of unbranched alkanes of at least 4 members (excludes halogenated alkanes) is 9. The summed E-state index contributed by atoms with van der Waals surface area (Å²) in [7, 11) is 0. The van der Waals surface area contributed by atoms with Gasteiger partial charge in [-0.25, -0.2) is 0 Å². The molecule has 23 heavy (non-hydrogen) atoms. The first-order chi connectivity index (χ1) is 11.1. The third-order valence-corrected chi connectivity index (χ3v) is 5.29. The molecule has 0 radical (unpaired) electrons. The highest BCUT2D eigenvalue weighted by Crippen LogP contribution is 2.28. The highest BCUT2D eigenvalue weighted by molar-refractivity contribution is 4.66. The van der Waals surface area contributed by atoms with E-state index in [2.05, 4.69) is 34.6 Å². The maximum Gasteiger partial charge on any atom is -0.0412 e. The molecule has 0 N–H and O–H groups in total. The van der Waals surface area contributed by atoms with Crippen molar-refractivity contribution in [2.24, 2.45) is 17.8 Å². The van der Waals surface area contributed by atoms with Gasteiger partial charge in [-0.2, -0.15) is 0 Å². The molecule has 0 aliphatic heterocycles. The van der Waals surface area contributed by atoms with Crippen LogP contribution in [0.15, 0.2) is 0 Å². The van der Waals surface area contributed by atoms with E-state index in [9.17, 15) is 0 Å². The predicted octanol–water partition coefficient (Wildman–Crippen LogP) is 8.79. The van der Waals surface area contributed by atoms with Crippen molar-refractivity contribution < 1.29 is 0 Å². The van der Waals surface area contributed by atoms with Gasteiger partial charge in [0.25, 0.3) is 0 Å². The molecule has 0 aromatic heterocycles. The Morgan fingerprint density at radius 3 is 1.43 bits per heavy atom. The van der Waals surface area contributed by atoms with Crippen LogP contribution >= 0.6 is 0 Å². The summed E-state index contributed by atoms with van der Waals surface area (Å²) in [6.07, 6.45) is 21.8. The van der Waals surface area contributed by atoms with Gasteiger partial charge in [-0.05, 0) is 30.6 Å². The lowest BCUT2D eigenvalue weighted by Gasteiger charge is -2.22. The van der Waals surface area contributed by atoms with Crippen LogP contribution in [-0.2, 0) is 0 Å². The molecule has 0 heteroatoms. The third-order valence-electron chi connectivity index (χ3n) is 5.29. The summed E-state index contributed by atoms with van der Waals surface area (Å²) in [5.41, 5.74) is 0. The van der Waals surface area contributed by atoms with Gasteiger partial charge in [0.2, 0.25) is 0 Å². The smallest absolute Gasteiger partial charge is 0.0412 e. The van der Waals surface area contributed by atoms with E-state index in [0.29, 0.717) is 0 Å². The first-order valence-corrected chi connectivity index (χ1v) is 11.1. The lowest BCUT2D eigenvalue weighted by Crippen LogP contribution is -2.09. The molecule has 0 nitrogen and oxygen atoms in total. The number of rotatable bonds is 17. The zero-order chi connectivity index (χ0) is 17.3. The van der Waals surface area contributed by atoms with Crippen LogP contribution in [0.4, 0.5) is 0 Å². The highest BCUT2D eigenvalue weighted by atomic mass is 14.2. The van der Waals surface area contributed by atoms with Crippen molar-refractivity contribution in [2.45, 2.75) is 131 Å². The fraction of sp³-hybridized carbons (Fsp3) is 1.00. The van der Waals surface area contributed by atoms with Crippen molar-refractivity contribution in [3.05, 3.63) is 0 Å². The van der Waals surface area contributed by atoms with Crippen LogP contribution < -0.4 is 0 Å². The minimum atomic E-state index is 0.865. The molecule has 0 aromatic rings. The molecule has 0 spiro atoms. The summed E-state index contributed by atoms with van der Waals surface area (Å²) in [6.45, 7) is 11.9. The normalized spacial score (nSPS) is 14.3. The van der Waals surface area contributed by atoms with Gasteiger partial charge < -0.3 is 0 Å². The predicted molar refractivity (Wildman–Crippen MR) is 108 cm³/mol. The fourth-order valence-corrected chi connectivity index (χ4v) is 4.10. The van der Waals surface area contributed by atoms with Crippen molar-refractivity contribution in [3.8, 4) is 0 Å². The van der Waals surface area contributed by atoms with E-state index in [-0.39, 0.29) is 0 Å². The second-order valence-corrected chi connectivity index (χ2v) is 8.60. The highest BCUT2D eigenvalue weighted by Gasteiger charge is 2.14. The molecule has 0 amide bonds. The van der Waals surface area contributed by atoms with Crippen molar-refractivity contribution in [3.63, 3.8) is 0 Å². The number of hydrogen-bond acceptors (Lipinski definition) is 0. The Labute approximate surface area is 149 Å². The third kappa shape index (κ3) is 16.6. The van der Waals surface area contributed by atoms with Crippen LogP contribution in [0.5, 0.6) is 0 Å². The second kappa shape index (κ2) is 16.8. The summed E-state index contributed by atoms with van der Waals surface area (Å²) in [6, 6.07) is 0. The monoisotopic (exact) mass is 324 g/mol. The largest absolute Gasteiger partial charge is 0.0654 e. The maximum atomic E-state index is 2.49. The van der Waals surface area contributed by atoms with Crippen LogP contribution in [0.2, 0.25) is 0 Å². The Morgan fingerprint density at radius 2 is 0.957 bits per heavy atom. The minimum Gasteiger partial charge on any atom is -0.0654 e. The van der Waals surface area contributed by atoms with E-state index in [1.54, 1.807) is 0 Å². The van der Waals surface area contributed by atoms with E-state index in [1.807, 2.05) is 0 Å². The second-order valence-electron chi connectivity index (χ2n) is 8.60. The van der Waals surface area contributed by atoms with Gasteiger partial charge in [-0.1, -0.05) is 118 Å². The Bertz CT molecular complexity index is 218. The molecule has 0 saturated carbocycles. The molecule has 0 aromatic carbocycles. The summed E-state index contributed by atoms with van der Waals surface area (Å²) in [5.74, 6) is 2.80. The Balaban J connectivity index is 3.91. The summed E-state index contributed by atoms with van der Waals surface area (Å²) in [4.78, 5) is 0. The van der Waals surface area contributed by atoms with Crippen LogP contribution in [0, 0.1) is 17.8 Å². The molecular weight excluding hydrogens is 276 g/mol. The van der Waals surface area contributed by atoms with E-state index >= 15 is 0 Å². The van der Waals surface area contributed by atoms with Gasteiger partial charge in [0.1, 0.15) is 0 Å². The lowest BCUT2D eigenvalue weighted by molar-refractivity contribution is 0.300. The quantitative estimate of drug-likeness (QED) is 0.234. The molecule has 0 bridgehead atoms. The fourth-order valence-electron chi connectivity index (χ4n) is 4.10. The summed E-state index contributed by atoms with van der Waals surface area (Å²) >= 11 is 0. The van der Waals surface area contributed by atoms with E-state index in [0.717, 1.165) is 17.8 Å². The van der Waals surface area contributed by atoms with Gasteiger partial charge in [-0.3, -0.25) is 0 Å². The van der Waals surface area contributed by atoms with Crippen molar-refractivity contribution in [1.29, 1.82) is 0 Å². The average molecular weight is 325 g/mol. The minimum absolute atomic E-state index is 0.865. The zero-order valence-electron chi connectivity index (χ0n) is 17.3. The topological polar surface area (TPSA) is 0 Å². The first-order valence-electron chi connectivity index (χ1n) is 11.1. The zero-order valence-corrected chi connectivity index (χ0v) is 17.3. The molecule has 140 valence electrons. The van der Waals surface area contributed by atoms with Crippen LogP contribution in [0.1, 0.15) is 131 Å². The van der Waals surface area contributed by atoms with E-state index < -0.39 is 0 Å². The first kappa shape index (κ1) is 23.0. The Kier molecular flexibility index (Phi) is 16.8. The van der Waals surface area contributed by atoms with Crippen molar-refractivity contribution in [2.75, 3.05) is 0 Å². The Morgan fingerprint density at radius 1 is 0.522 bits per heavy atom. The summed E-state index contributed by atoms with van der Waals surface area (Å²) < 4.78 is 0. The van der Waals surface area contributed by atoms with E-state index in [4.69, 9.17) is 0 Å².